The standard InChI is InChI=1S/C21H15NO4S/c1-12-9-16(17(22(24)25)10-13(12)2)18-8-7-14(26-18)11-20-21(23)15-5-3-4-6-19(15)27-20/h3-11H,1-2H3/b20-11+. The maximum absolute atomic E-state index is 12.5. The number of hydrogen-bond acceptors (Lipinski definition) is 5. The molecule has 2 aromatic carbocycles. The van der Waals surface area contributed by atoms with Crippen LogP contribution in [0.3, 0.4) is 0 Å². The molecule has 5 nitrogen and oxygen atoms in total. The molecular weight excluding hydrogens is 362 g/mol. The summed E-state index contributed by atoms with van der Waals surface area (Å²) in [7, 11) is 0. The monoisotopic (exact) mass is 377 g/mol. The van der Waals surface area contributed by atoms with E-state index in [1.165, 1.54) is 11.8 Å². The summed E-state index contributed by atoms with van der Waals surface area (Å²) >= 11 is 1.40. The van der Waals surface area contributed by atoms with E-state index in [0.29, 0.717) is 27.6 Å². The molecule has 0 bridgehead atoms. The van der Waals surface area contributed by atoms with Crippen molar-refractivity contribution in [2.24, 2.45) is 0 Å². The molecule has 0 N–H and O–H groups in total. The van der Waals surface area contributed by atoms with Gasteiger partial charge < -0.3 is 4.42 Å². The molecule has 0 amide bonds. The first-order valence-electron chi connectivity index (χ1n) is 8.33. The molecule has 4 rings (SSSR count). The second-order valence-corrected chi connectivity index (χ2v) is 7.43. The number of aryl methyl sites for hydroxylation is 2. The Labute approximate surface area is 159 Å². The summed E-state index contributed by atoms with van der Waals surface area (Å²) in [5, 5.41) is 11.4. The minimum atomic E-state index is -0.407. The summed E-state index contributed by atoms with van der Waals surface area (Å²) in [5.41, 5.74) is 2.92. The number of nitro groups is 1. The topological polar surface area (TPSA) is 73.3 Å². The van der Waals surface area contributed by atoms with Crippen molar-refractivity contribution in [1.82, 2.24) is 0 Å². The maximum Gasteiger partial charge on any atom is 0.280 e. The molecule has 0 unspecified atom stereocenters. The highest BCUT2D eigenvalue weighted by atomic mass is 32.2. The Hall–Kier alpha value is -3.12. The minimum absolute atomic E-state index is 0.00498. The van der Waals surface area contributed by atoms with Crippen molar-refractivity contribution in [2.75, 3.05) is 0 Å². The van der Waals surface area contributed by atoms with E-state index in [0.717, 1.165) is 16.0 Å². The number of nitrogens with zero attached hydrogens (tertiary/aromatic N) is 1. The van der Waals surface area contributed by atoms with Gasteiger partial charge in [0.05, 0.1) is 15.4 Å². The van der Waals surface area contributed by atoms with Gasteiger partial charge in [-0.2, -0.15) is 0 Å². The van der Waals surface area contributed by atoms with E-state index in [4.69, 9.17) is 4.42 Å². The van der Waals surface area contributed by atoms with Crippen molar-refractivity contribution in [3.63, 3.8) is 0 Å². The van der Waals surface area contributed by atoms with Gasteiger partial charge in [-0.05, 0) is 61.4 Å². The Bertz CT molecular complexity index is 1130. The first-order chi connectivity index (χ1) is 12.9. The first-order valence-corrected chi connectivity index (χ1v) is 9.15. The van der Waals surface area contributed by atoms with Gasteiger partial charge in [0, 0.05) is 16.5 Å². The largest absolute Gasteiger partial charge is 0.456 e. The van der Waals surface area contributed by atoms with E-state index in [1.54, 1.807) is 36.4 Å². The van der Waals surface area contributed by atoms with Gasteiger partial charge >= 0.3 is 0 Å². The zero-order chi connectivity index (χ0) is 19.1. The number of fused-ring (bicyclic) bond motifs is 1. The molecule has 0 saturated heterocycles. The number of hydrogen-bond donors (Lipinski definition) is 0. The van der Waals surface area contributed by atoms with Crippen LogP contribution in [0, 0.1) is 24.0 Å². The highest BCUT2D eigenvalue weighted by Gasteiger charge is 2.26. The number of carbonyl (C=O) groups is 1. The fourth-order valence-electron chi connectivity index (χ4n) is 2.99. The molecule has 1 aromatic heterocycles. The lowest BCUT2D eigenvalue weighted by Gasteiger charge is -2.04. The summed E-state index contributed by atoms with van der Waals surface area (Å²) in [6.07, 6.45) is 1.68. The van der Waals surface area contributed by atoms with Gasteiger partial charge in [0.25, 0.3) is 5.69 Å². The average Bonchev–Trinajstić information content (AvgIpc) is 3.23. The second kappa shape index (κ2) is 6.55. The molecule has 2 heterocycles. The van der Waals surface area contributed by atoms with Gasteiger partial charge in [-0.15, -0.1) is 0 Å². The van der Waals surface area contributed by atoms with Crippen LogP contribution in [0.4, 0.5) is 5.69 Å². The number of Topliss-reactive ketones (excluding diaryl/α,β-unsaturated/α-hetero) is 1. The Balaban J connectivity index is 1.71. The van der Waals surface area contributed by atoms with E-state index in [2.05, 4.69) is 0 Å². The third-order valence-corrected chi connectivity index (χ3v) is 5.65. The fraction of sp³-hybridized carbons (Fsp3) is 0.0952. The predicted octanol–water partition coefficient (Wildman–Crippen LogP) is 5.80. The molecular formula is C21H15NO4S. The Morgan fingerprint density at radius 1 is 1.04 bits per heavy atom. The normalized spacial score (nSPS) is 14.6. The average molecular weight is 377 g/mol. The van der Waals surface area contributed by atoms with Crippen LogP contribution >= 0.6 is 11.8 Å². The van der Waals surface area contributed by atoms with Crippen LogP contribution in [0.5, 0.6) is 0 Å². The Morgan fingerprint density at radius 3 is 2.52 bits per heavy atom. The first kappa shape index (κ1) is 17.3. The van der Waals surface area contributed by atoms with Gasteiger partial charge in [0.15, 0.2) is 0 Å². The molecule has 3 aromatic rings. The summed E-state index contributed by atoms with van der Waals surface area (Å²) in [4.78, 5) is 25.0. The van der Waals surface area contributed by atoms with E-state index >= 15 is 0 Å². The van der Waals surface area contributed by atoms with Gasteiger partial charge in [0.1, 0.15) is 11.5 Å². The molecule has 1 aliphatic heterocycles. The van der Waals surface area contributed by atoms with Gasteiger partial charge in [-0.3, -0.25) is 14.9 Å². The molecule has 0 aliphatic carbocycles. The van der Waals surface area contributed by atoms with Crippen LogP contribution in [-0.4, -0.2) is 10.7 Å². The minimum Gasteiger partial charge on any atom is -0.456 e. The third kappa shape index (κ3) is 3.08. The number of rotatable bonds is 3. The summed E-state index contributed by atoms with van der Waals surface area (Å²) in [6.45, 7) is 3.74. The molecule has 0 fully saturated rings. The molecule has 0 atom stereocenters. The van der Waals surface area contributed by atoms with E-state index < -0.39 is 4.92 Å². The molecule has 0 spiro atoms. The second-order valence-electron chi connectivity index (χ2n) is 6.35. The summed E-state index contributed by atoms with van der Waals surface area (Å²) < 4.78 is 5.82. The predicted molar refractivity (Wildman–Crippen MR) is 105 cm³/mol. The van der Waals surface area contributed by atoms with Crippen LogP contribution in [0.15, 0.2) is 62.7 Å². The number of ketones is 1. The van der Waals surface area contributed by atoms with Gasteiger partial charge in [-0.1, -0.05) is 23.9 Å². The van der Waals surface area contributed by atoms with E-state index in [9.17, 15) is 14.9 Å². The molecule has 1 aliphatic rings. The van der Waals surface area contributed by atoms with Crippen molar-refractivity contribution < 1.29 is 14.1 Å². The van der Waals surface area contributed by atoms with Crippen LogP contribution in [0.25, 0.3) is 17.4 Å². The van der Waals surface area contributed by atoms with Crippen molar-refractivity contribution in [2.45, 2.75) is 18.7 Å². The number of nitro benzene ring substituents is 1. The van der Waals surface area contributed by atoms with Crippen LogP contribution in [0.2, 0.25) is 0 Å². The Kier molecular flexibility index (Phi) is 4.20. The maximum atomic E-state index is 12.5. The SMILES string of the molecule is Cc1cc(-c2ccc(/C=C3/Sc4ccccc4C3=O)o2)c([N+](=O)[O-])cc1C. The van der Waals surface area contributed by atoms with Crippen molar-refractivity contribution in [3.8, 4) is 11.3 Å². The number of thioether (sulfide) groups is 1. The fourth-order valence-corrected chi connectivity index (χ4v) is 4.02. The third-order valence-electron chi connectivity index (χ3n) is 4.55. The van der Waals surface area contributed by atoms with Crippen molar-refractivity contribution >= 4 is 29.3 Å². The lowest BCUT2D eigenvalue weighted by Crippen LogP contribution is -1.94. The highest BCUT2D eigenvalue weighted by molar-refractivity contribution is 8.04. The summed E-state index contributed by atoms with van der Waals surface area (Å²) in [6, 6.07) is 14.2. The van der Waals surface area contributed by atoms with Crippen molar-refractivity contribution in [1.29, 1.82) is 0 Å². The van der Waals surface area contributed by atoms with Crippen LogP contribution in [0.1, 0.15) is 27.2 Å². The number of allylic oxidation sites excluding steroid dienone is 1. The molecule has 6 heteroatoms. The molecule has 27 heavy (non-hydrogen) atoms. The number of benzene rings is 2. The quantitative estimate of drug-likeness (QED) is 0.327. The number of carbonyl (C=O) groups excluding carboxylic acids is 1. The highest BCUT2D eigenvalue weighted by Crippen LogP contribution is 2.41. The molecule has 0 radical (unpaired) electrons. The van der Waals surface area contributed by atoms with Gasteiger partial charge in [-0.25, -0.2) is 0 Å². The lowest BCUT2D eigenvalue weighted by molar-refractivity contribution is -0.384. The number of furan rings is 1. The van der Waals surface area contributed by atoms with E-state index in [1.807, 2.05) is 32.0 Å². The van der Waals surface area contributed by atoms with E-state index in [-0.39, 0.29) is 11.5 Å². The Morgan fingerprint density at radius 2 is 1.78 bits per heavy atom. The zero-order valence-electron chi connectivity index (χ0n) is 14.7. The zero-order valence-corrected chi connectivity index (χ0v) is 15.5. The summed E-state index contributed by atoms with van der Waals surface area (Å²) in [5.74, 6) is 0.858. The molecule has 0 saturated carbocycles. The van der Waals surface area contributed by atoms with Crippen molar-refractivity contribution in [3.05, 3.63) is 86.0 Å². The molecule has 134 valence electrons. The van der Waals surface area contributed by atoms with Gasteiger partial charge in [0.2, 0.25) is 5.78 Å². The van der Waals surface area contributed by atoms with Crippen LogP contribution < -0.4 is 0 Å². The smallest absolute Gasteiger partial charge is 0.280 e. The van der Waals surface area contributed by atoms with Crippen LogP contribution in [-0.2, 0) is 0 Å². The lowest BCUT2D eigenvalue weighted by atomic mass is 10.0.